The Morgan fingerprint density at radius 1 is 1.03 bits per heavy atom. The van der Waals surface area contributed by atoms with Crippen LogP contribution in [0, 0.1) is 0 Å². The van der Waals surface area contributed by atoms with Gasteiger partial charge in [0.05, 0.1) is 11.3 Å². The zero-order valence-electron chi connectivity index (χ0n) is 16.0. The van der Waals surface area contributed by atoms with Crippen molar-refractivity contribution in [2.75, 3.05) is 13.1 Å². The monoisotopic (exact) mass is 387 g/mol. The van der Waals surface area contributed by atoms with Gasteiger partial charge in [-0.2, -0.15) is 5.10 Å². The van der Waals surface area contributed by atoms with Crippen molar-refractivity contribution < 1.29 is 9.84 Å². The van der Waals surface area contributed by atoms with E-state index in [4.69, 9.17) is 4.74 Å². The second-order valence-electron chi connectivity index (χ2n) is 7.52. The van der Waals surface area contributed by atoms with Crippen LogP contribution in [-0.2, 0) is 0 Å². The molecular formula is C22H21N5O2. The summed E-state index contributed by atoms with van der Waals surface area (Å²) in [5.41, 5.74) is 2.18. The van der Waals surface area contributed by atoms with E-state index >= 15 is 0 Å². The molecule has 7 heteroatoms. The maximum absolute atomic E-state index is 10.6. The van der Waals surface area contributed by atoms with Gasteiger partial charge in [-0.05, 0) is 34.5 Å². The molecule has 3 heterocycles. The number of hydrogen-bond acceptors (Lipinski definition) is 6. The minimum atomic E-state index is -0.656. The van der Waals surface area contributed by atoms with Gasteiger partial charge in [-0.3, -0.25) is 5.10 Å². The topological polar surface area (TPSA) is 96.0 Å². The lowest BCUT2D eigenvalue weighted by atomic mass is 9.79. The molecule has 0 aliphatic carbocycles. The van der Waals surface area contributed by atoms with Crippen LogP contribution in [0.4, 0.5) is 0 Å². The minimum Gasteiger partial charge on any atom is -0.424 e. The van der Waals surface area contributed by atoms with Crippen LogP contribution in [0.3, 0.4) is 0 Å². The van der Waals surface area contributed by atoms with Crippen LogP contribution in [0.1, 0.15) is 18.4 Å². The van der Waals surface area contributed by atoms with Gasteiger partial charge >= 0.3 is 6.01 Å². The first-order valence-electron chi connectivity index (χ1n) is 9.57. The second-order valence-corrected chi connectivity index (χ2v) is 7.52. The van der Waals surface area contributed by atoms with Crippen molar-refractivity contribution in [2.45, 2.75) is 18.4 Å². The third kappa shape index (κ3) is 3.35. The first kappa shape index (κ1) is 17.8. The molecule has 0 amide bonds. The summed E-state index contributed by atoms with van der Waals surface area (Å²) < 4.78 is 5.82. The van der Waals surface area contributed by atoms with Crippen molar-refractivity contribution in [2.24, 2.45) is 0 Å². The van der Waals surface area contributed by atoms with E-state index < -0.39 is 5.60 Å². The Balaban J connectivity index is 1.35. The summed E-state index contributed by atoms with van der Waals surface area (Å²) in [6.45, 7) is 3.35. The predicted octanol–water partition coefficient (Wildman–Crippen LogP) is 3.25. The third-order valence-corrected chi connectivity index (χ3v) is 5.65. The molecule has 1 unspecified atom stereocenters. The van der Waals surface area contributed by atoms with Crippen LogP contribution < -0.4 is 10.1 Å². The third-order valence-electron chi connectivity index (χ3n) is 5.65. The van der Waals surface area contributed by atoms with Crippen LogP contribution in [0.15, 0.2) is 61.1 Å². The number of fused-ring (bicyclic) bond motifs is 1. The fourth-order valence-electron chi connectivity index (χ4n) is 3.60. The molecule has 1 atom stereocenters. The van der Waals surface area contributed by atoms with Crippen molar-refractivity contribution >= 4 is 10.8 Å². The summed E-state index contributed by atoms with van der Waals surface area (Å²) in [7, 11) is 0. The Bertz CT molecular complexity index is 1140. The zero-order chi connectivity index (χ0) is 19.8. The number of ether oxygens (including phenoxy) is 1. The van der Waals surface area contributed by atoms with Gasteiger partial charge in [-0.25, -0.2) is 9.97 Å². The highest BCUT2D eigenvalue weighted by molar-refractivity contribution is 5.84. The smallest absolute Gasteiger partial charge is 0.321 e. The van der Waals surface area contributed by atoms with E-state index in [2.05, 4.69) is 50.6 Å². The molecular weight excluding hydrogens is 366 g/mol. The Labute approximate surface area is 167 Å². The van der Waals surface area contributed by atoms with Gasteiger partial charge in [0.1, 0.15) is 5.75 Å². The molecule has 2 aromatic heterocycles. The van der Waals surface area contributed by atoms with Crippen LogP contribution in [0.25, 0.3) is 22.0 Å². The van der Waals surface area contributed by atoms with E-state index in [1.165, 1.54) is 0 Å². The molecule has 5 rings (SSSR count). The zero-order valence-corrected chi connectivity index (χ0v) is 16.0. The minimum absolute atomic E-state index is 0.0749. The molecule has 0 radical (unpaired) electrons. The van der Waals surface area contributed by atoms with Gasteiger partial charge in [-0.15, -0.1) is 0 Å². The van der Waals surface area contributed by atoms with E-state index in [9.17, 15) is 5.11 Å². The number of β-amino-alcohol motifs (C(OH)–C–C–N with tert-alkyl or cyclic N) is 1. The molecule has 1 aliphatic rings. The predicted molar refractivity (Wildman–Crippen MR) is 110 cm³/mol. The van der Waals surface area contributed by atoms with Crippen LogP contribution in [0.5, 0.6) is 11.8 Å². The highest BCUT2D eigenvalue weighted by atomic mass is 16.5. The maximum Gasteiger partial charge on any atom is 0.321 e. The lowest BCUT2D eigenvalue weighted by Gasteiger charge is -2.42. The van der Waals surface area contributed by atoms with Crippen LogP contribution >= 0.6 is 0 Å². The largest absolute Gasteiger partial charge is 0.424 e. The van der Waals surface area contributed by atoms with Gasteiger partial charge in [0, 0.05) is 43.2 Å². The SMILES string of the molecule is CC(c1ccc2cc(Oc3ncc(-c4ccn[nH]4)cn3)ccc2c1)C1(O)CNC1. The van der Waals surface area contributed by atoms with Crippen molar-refractivity contribution in [3.05, 3.63) is 66.6 Å². The molecule has 0 bridgehead atoms. The van der Waals surface area contributed by atoms with Gasteiger partial charge in [0.2, 0.25) is 0 Å². The van der Waals surface area contributed by atoms with E-state index in [0.717, 1.165) is 27.6 Å². The number of benzene rings is 2. The van der Waals surface area contributed by atoms with E-state index in [0.29, 0.717) is 18.8 Å². The number of H-pyrrole nitrogens is 1. The van der Waals surface area contributed by atoms with Gasteiger partial charge in [0.25, 0.3) is 0 Å². The molecule has 146 valence electrons. The highest BCUT2D eigenvalue weighted by Gasteiger charge is 2.40. The molecule has 2 aromatic carbocycles. The summed E-state index contributed by atoms with van der Waals surface area (Å²) in [4.78, 5) is 8.55. The molecule has 3 N–H and O–H groups in total. The van der Waals surface area contributed by atoms with Gasteiger partial charge < -0.3 is 15.2 Å². The quantitative estimate of drug-likeness (QED) is 0.486. The number of hydrogen-bond donors (Lipinski definition) is 3. The van der Waals surface area contributed by atoms with Crippen LogP contribution in [0.2, 0.25) is 0 Å². The van der Waals surface area contributed by atoms with Gasteiger partial charge in [0.15, 0.2) is 0 Å². The van der Waals surface area contributed by atoms with Gasteiger partial charge in [-0.1, -0.05) is 31.2 Å². The summed E-state index contributed by atoms with van der Waals surface area (Å²) in [6, 6.07) is 14.3. The fourth-order valence-corrected chi connectivity index (χ4v) is 3.60. The summed E-state index contributed by atoms with van der Waals surface area (Å²) in [5, 5.41) is 22.7. The van der Waals surface area contributed by atoms with E-state index in [1.54, 1.807) is 18.6 Å². The van der Waals surface area contributed by atoms with Crippen molar-refractivity contribution in [1.29, 1.82) is 0 Å². The normalized spacial score (nSPS) is 16.3. The Hall–Kier alpha value is -3.29. The summed E-state index contributed by atoms with van der Waals surface area (Å²) in [5.74, 6) is 0.750. The summed E-state index contributed by atoms with van der Waals surface area (Å²) >= 11 is 0. The molecule has 4 aromatic rings. The fraction of sp³-hybridized carbons (Fsp3) is 0.227. The molecule has 1 saturated heterocycles. The number of aliphatic hydroxyl groups is 1. The summed E-state index contributed by atoms with van der Waals surface area (Å²) in [6.07, 6.45) is 5.08. The molecule has 1 fully saturated rings. The first-order valence-corrected chi connectivity index (χ1v) is 9.57. The Kier molecular flexibility index (Phi) is 4.26. The second kappa shape index (κ2) is 6.95. The maximum atomic E-state index is 10.6. The number of nitrogens with zero attached hydrogens (tertiary/aromatic N) is 3. The molecule has 29 heavy (non-hydrogen) atoms. The number of aromatic nitrogens is 4. The van der Waals surface area contributed by atoms with E-state index in [1.807, 2.05) is 24.3 Å². The lowest BCUT2D eigenvalue weighted by molar-refractivity contribution is -0.0299. The van der Waals surface area contributed by atoms with E-state index in [-0.39, 0.29) is 11.9 Å². The molecule has 0 spiro atoms. The lowest BCUT2D eigenvalue weighted by Crippen LogP contribution is -2.62. The van der Waals surface area contributed by atoms with Crippen molar-refractivity contribution in [3.63, 3.8) is 0 Å². The highest BCUT2D eigenvalue weighted by Crippen LogP contribution is 2.33. The Morgan fingerprint density at radius 2 is 1.79 bits per heavy atom. The van der Waals surface area contributed by atoms with Crippen molar-refractivity contribution in [1.82, 2.24) is 25.5 Å². The average molecular weight is 387 g/mol. The van der Waals surface area contributed by atoms with Crippen molar-refractivity contribution in [3.8, 4) is 23.0 Å². The molecule has 7 nitrogen and oxygen atoms in total. The number of nitrogens with one attached hydrogen (secondary N) is 2. The average Bonchev–Trinajstić information content (AvgIpc) is 3.26. The first-order chi connectivity index (χ1) is 14.1. The standard InChI is InChI=1S/C22H21N5O2/c1-14(22(28)12-23-13-22)15-2-3-17-9-19(5-4-16(17)8-15)29-21-24-10-18(11-25-21)20-6-7-26-27-20/h2-11,14,23,28H,12-13H2,1H3,(H,26,27). The number of rotatable bonds is 5. The molecule has 0 saturated carbocycles. The molecule has 1 aliphatic heterocycles. The Morgan fingerprint density at radius 3 is 2.48 bits per heavy atom. The number of aromatic amines is 1. The van der Waals surface area contributed by atoms with Crippen LogP contribution in [-0.4, -0.2) is 44.0 Å².